The summed E-state index contributed by atoms with van der Waals surface area (Å²) in [7, 11) is -3.75. The quantitative estimate of drug-likeness (QED) is 0.659. The molecule has 11 heteroatoms. The number of rotatable bonds is 5. The van der Waals surface area contributed by atoms with Crippen LogP contribution in [0.25, 0.3) is 0 Å². The second kappa shape index (κ2) is 10.0. The minimum atomic E-state index is -3.75. The van der Waals surface area contributed by atoms with Gasteiger partial charge in [0.25, 0.3) is 0 Å². The van der Waals surface area contributed by atoms with Crippen LogP contribution in [0.5, 0.6) is 0 Å². The Balaban J connectivity index is 1.64. The third-order valence-electron chi connectivity index (χ3n) is 5.77. The van der Waals surface area contributed by atoms with Gasteiger partial charge in [0.2, 0.25) is 21.8 Å². The molecule has 2 heterocycles. The zero-order valence-electron chi connectivity index (χ0n) is 18.6. The number of hydrogen-bond donors (Lipinski definition) is 1. The molecule has 34 heavy (non-hydrogen) atoms. The van der Waals surface area contributed by atoms with Gasteiger partial charge < -0.3 is 10.2 Å². The Morgan fingerprint density at radius 3 is 2.56 bits per heavy atom. The number of nitrogens with zero attached hydrogens (tertiary/aromatic N) is 2. The van der Waals surface area contributed by atoms with Gasteiger partial charge in [-0.1, -0.05) is 13.3 Å². The lowest BCUT2D eigenvalue weighted by Crippen LogP contribution is -2.39. The number of anilines is 2. The molecule has 0 bridgehead atoms. The van der Waals surface area contributed by atoms with Crippen molar-refractivity contribution in [1.82, 2.24) is 4.31 Å². The molecule has 0 unspecified atom stereocenters. The zero-order chi connectivity index (χ0) is 24.5. The summed E-state index contributed by atoms with van der Waals surface area (Å²) in [6.07, 6.45) is 2.72. The Morgan fingerprint density at radius 2 is 1.85 bits per heavy atom. The molecule has 0 aromatic heterocycles. The molecule has 1 fully saturated rings. The maximum Gasteiger partial charge on any atom is 0.244 e. The molecule has 2 aliphatic rings. The predicted molar refractivity (Wildman–Crippen MR) is 126 cm³/mol. The summed E-state index contributed by atoms with van der Waals surface area (Å²) in [5.74, 6) is -2.75. The normalized spacial score (nSPS) is 19.4. The number of carbonyl (C=O) groups is 2. The lowest BCUT2D eigenvalue weighted by molar-refractivity contribution is -0.121. The summed E-state index contributed by atoms with van der Waals surface area (Å²) in [6.45, 7) is 2.32. The molecule has 0 saturated carbocycles. The number of benzene rings is 2. The number of amides is 2. The molecule has 1 N–H and O–H groups in total. The van der Waals surface area contributed by atoms with E-state index in [2.05, 4.69) is 5.32 Å². The lowest BCUT2D eigenvalue weighted by Gasteiger charge is -2.27. The third-order valence-corrected chi connectivity index (χ3v) is 8.84. The Labute approximate surface area is 201 Å². The number of thioether (sulfide) groups is 1. The van der Waals surface area contributed by atoms with Gasteiger partial charge in [-0.3, -0.25) is 9.59 Å². The first-order valence-corrected chi connectivity index (χ1v) is 13.3. The summed E-state index contributed by atoms with van der Waals surface area (Å²) >= 11 is 1.43. The number of hydrogen-bond acceptors (Lipinski definition) is 5. The molecule has 7 nitrogen and oxygen atoms in total. The number of fused-ring (bicyclic) bond motifs is 1. The van der Waals surface area contributed by atoms with Crippen LogP contribution >= 0.6 is 11.8 Å². The maximum absolute atomic E-state index is 14.0. The number of nitrogens with one attached hydrogen (secondary N) is 1. The van der Waals surface area contributed by atoms with E-state index in [4.69, 9.17) is 0 Å². The fourth-order valence-corrected chi connectivity index (χ4v) is 6.70. The maximum atomic E-state index is 14.0. The highest BCUT2D eigenvalue weighted by Crippen LogP contribution is 2.39. The van der Waals surface area contributed by atoms with Gasteiger partial charge in [-0.15, -0.1) is 11.8 Å². The van der Waals surface area contributed by atoms with E-state index in [9.17, 15) is 26.8 Å². The summed E-state index contributed by atoms with van der Waals surface area (Å²) < 4.78 is 55.0. The molecule has 0 spiro atoms. The van der Waals surface area contributed by atoms with Crippen molar-refractivity contribution in [2.75, 3.05) is 29.9 Å². The van der Waals surface area contributed by atoms with Crippen LogP contribution in [0.15, 0.2) is 46.2 Å². The number of carbonyl (C=O) groups excluding carboxylic acids is 2. The van der Waals surface area contributed by atoms with E-state index < -0.39 is 34.1 Å². The molecule has 182 valence electrons. The van der Waals surface area contributed by atoms with Crippen molar-refractivity contribution in [3.8, 4) is 0 Å². The summed E-state index contributed by atoms with van der Waals surface area (Å²) in [4.78, 5) is 27.7. The molecular formula is C23H25F2N3O4S2. The minimum absolute atomic E-state index is 0.0612. The van der Waals surface area contributed by atoms with E-state index >= 15 is 0 Å². The van der Waals surface area contributed by atoms with Crippen LogP contribution in [0.4, 0.5) is 20.2 Å². The van der Waals surface area contributed by atoms with E-state index in [1.54, 1.807) is 6.07 Å². The molecular weight excluding hydrogens is 484 g/mol. The van der Waals surface area contributed by atoms with Crippen molar-refractivity contribution < 1.29 is 26.8 Å². The third kappa shape index (κ3) is 5.26. The van der Waals surface area contributed by atoms with Crippen LogP contribution in [-0.4, -0.2) is 49.4 Å². The van der Waals surface area contributed by atoms with E-state index in [1.807, 2.05) is 6.92 Å². The van der Waals surface area contributed by atoms with Gasteiger partial charge in [-0.2, -0.15) is 4.31 Å². The highest BCUT2D eigenvalue weighted by molar-refractivity contribution is 8.00. The second-order valence-corrected chi connectivity index (χ2v) is 11.8. The van der Waals surface area contributed by atoms with Crippen LogP contribution in [0.2, 0.25) is 0 Å². The van der Waals surface area contributed by atoms with Crippen molar-refractivity contribution in [1.29, 1.82) is 0 Å². The zero-order valence-corrected chi connectivity index (χ0v) is 20.2. The predicted octanol–water partition coefficient (Wildman–Crippen LogP) is 4.00. The molecule has 2 aromatic carbocycles. The number of halogens is 2. The van der Waals surface area contributed by atoms with Gasteiger partial charge in [-0.05, 0) is 43.2 Å². The topological polar surface area (TPSA) is 86.8 Å². The molecule has 1 saturated heterocycles. The molecule has 0 aliphatic carbocycles. The van der Waals surface area contributed by atoms with Crippen molar-refractivity contribution >= 4 is 45.0 Å². The van der Waals surface area contributed by atoms with Gasteiger partial charge >= 0.3 is 0 Å². The molecule has 0 radical (unpaired) electrons. The summed E-state index contributed by atoms with van der Waals surface area (Å²) in [5, 5.41) is 2.27. The van der Waals surface area contributed by atoms with E-state index in [0.29, 0.717) is 29.7 Å². The second-order valence-electron chi connectivity index (χ2n) is 8.38. The van der Waals surface area contributed by atoms with Gasteiger partial charge in [0.05, 0.1) is 16.3 Å². The largest absolute Gasteiger partial charge is 0.322 e. The van der Waals surface area contributed by atoms with Crippen molar-refractivity contribution in [3.05, 3.63) is 48.0 Å². The first-order valence-electron chi connectivity index (χ1n) is 11.0. The van der Waals surface area contributed by atoms with E-state index in [1.165, 1.54) is 33.1 Å². The van der Waals surface area contributed by atoms with Gasteiger partial charge in [0.1, 0.15) is 18.2 Å². The average molecular weight is 510 g/mol. The van der Waals surface area contributed by atoms with Crippen LogP contribution < -0.4 is 10.2 Å². The average Bonchev–Trinajstić information content (AvgIpc) is 2.91. The van der Waals surface area contributed by atoms with Gasteiger partial charge in [-0.25, -0.2) is 17.2 Å². The molecule has 2 amide bonds. The van der Waals surface area contributed by atoms with Crippen LogP contribution in [0.3, 0.4) is 0 Å². The Kier molecular flexibility index (Phi) is 7.25. The Bertz CT molecular complexity index is 1220. The monoisotopic (exact) mass is 509 g/mol. The molecule has 2 aliphatic heterocycles. The van der Waals surface area contributed by atoms with E-state index in [-0.39, 0.29) is 28.2 Å². The Hall–Kier alpha value is -2.50. The fourth-order valence-electron chi connectivity index (χ4n) is 4.07. The van der Waals surface area contributed by atoms with Crippen LogP contribution in [-0.2, 0) is 19.6 Å². The molecule has 1 atom stereocenters. The molecule has 4 rings (SSSR count). The fraction of sp³-hybridized carbons (Fsp3) is 0.391. The van der Waals surface area contributed by atoms with Crippen molar-refractivity contribution in [2.45, 2.75) is 47.6 Å². The number of sulfonamides is 1. The van der Waals surface area contributed by atoms with Crippen molar-refractivity contribution in [3.63, 3.8) is 0 Å². The summed E-state index contributed by atoms with van der Waals surface area (Å²) in [6, 6.07) is 7.40. The first-order chi connectivity index (χ1) is 16.1. The summed E-state index contributed by atoms with van der Waals surface area (Å²) in [5.41, 5.74) is 0.116. The minimum Gasteiger partial charge on any atom is -0.322 e. The first kappa shape index (κ1) is 24.6. The van der Waals surface area contributed by atoms with Gasteiger partial charge in [0, 0.05) is 35.7 Å². The van der Waals surface area contributed by atoms with Gasteiger partial charge in [0.15, 0.2) is 0 Å². The SMILES string of the molecule is C[C@H]1CC(=O)N(CC(=O)Nc2ccc(F)cc2F)c2cc(S(=O)(=O)N3CCCCC3)ccc2S1. The molecule has 2 aromatic rings. The van der Waals surface area contributed by atoms with Crippen LogP contribution in [0.1, 0.15) is 32.6 Å². The lowest BCUT2D eigenvalue weighted by atomic mass is 10.2. The standard InChI is InChI=1S/C23H25F2N3O4S2/c1-15-11-23(30)28(14-22(29)26-19-7-5-16(24)12-18(19)25)20-13-17(6-8-21(20)33-15)34(31,32)27-9-3-2-4-10-27/h5-8,12-13,15H,2-4,9-11,14H2,1H3,(H,26,29)/t15-/m0/s1. The smallest absolute Gasteiger partial charge is 0.244 e. The van der Waals surface area contributed by atoms with Crippen molar-refractivity contribution in [2.24, 2.45) is 0 Å². The van der Waals surface area contributed by atoms with E-state index in [0.717, 1.165) is 31.4 Å². The van der Waals surface area contributed by atoms with Crippen LogP contribution in [0, 0.1) is 11.6 Å². The highest BCUT2D eigenvalue weighted by atomic mass is 32.2. The number of piperidine rings is 1. The highest BCUT2D eigenvalue weighted by Gasteiger charge is 2.32. The Morgan fingerprint density at radius 1 is 1.12 bits per heavy atom.